The second-order valence-electron chi connectivity index (χ2n) is 6.78. The van der Waals surface area contributed by atoms with Crippen molar-refractivity contribution >= 4 is 23.8 Å². The molecular formula is C19H25N3O5. The minimum absolute atomic E-state index is 0.0647. The number of hydrogen-bond acceptors (Lipinski definition) is 5. The van der Waals surface area contributed by atoms with Crippen molar-refractivity contribution in [3.63, 3.8) is 0 Å². The first-order chi connectivity index (χ1) is 12.8. The summed E-state index contributed by atoms with van der Waals surface area (Å²) in [6, 6.07) is 7.65. The highest BCUT2D eigenvalue weighted by Crippen LogP contribution is 2.14. The number of nitrogens with zero attached hydrogens (tertiary/aromatic N) is 2. The highest BCUT2D eigenvalue weighted by atomic mass is 16.5. The van der Waals surface area contributed by atoms with Gasteiger partial charge in [-0.3, -0.25) is 19.3 Å². The Kier molecular flexibility index (Phi) is 6.92. The van der Waals surface area contributed by atoms with Gasteiger partial charge in [-0.2, -0.15) is 0 Å². The number of carbonyl (C=O) groups is 4. The maximum Gasteiger partial charge on any atom is 0.327 e. The van der Waals surface area contributed by atoms with Crippen LogP contribution in [0.1, 0.15) is 30.9 Å². The number of imide groups is 1. The second kappa shape index (κ2) is 9.16. The standard InChI is InChI=1S/C19H25N3O5/c1-13(2)15-6-4-14(5-7-15)8-9-20-16(23)12-27-18(25)11-22-17(24)10-21(3)19(22)26/h4-7,13H,8-12H2,1-3H3,(H,20,23). The minimum atomic E-state index is -0.800. The van der Waals surface area contributed by atoms with Gasteiger partial charge in [0.15, 0.2) is 6.61 Å². The third-order valence-corrected chi connectivity index (χ3v) is 4.26. The normalized spacial score (nSPS) is 14.1. The maximum atomic E-state index is 11.8. The van der Waals surface area contributed by atoms with E-state index in [-0.39, 0.29) is 6.54 Å². The summed E-state index contributed by atoms with van der Waals surface area (Å²) in [5.41, 5.74) is 2.36. The molecule has 1 aromatic rings. The molecule has 146 valence electrons. The van der Waals surface area contributed by atoms with Crippen molar-refractivity contribution < 1.29 is 23.9 Å². The summed E-state index contributed by atoms with van der Waals surface area (Å²) >= 11 is 0. The summed E-state index contributed by atoms with van der Waals surface area (Å²) in [5.74, 6) is -1.22. The Morgan fingerprint density at radius 1 is 1.19 bits per heavy atom. The summed E-state index contributed by atoms with van der Waals surface area (Å²) in [4.78, 5) is 48.7. The van der Waals surface area contributed by atoms with E-state index in [1.165, 1.54) is 17.5 Å². The van der Waals surface area contributed by atoms with Crippen molar-refractivity contribution in [3.8, 4) is 0 Å². The van der Waals surface area contributed by atoms with Crippen LogP contribution >= 0.6 is 0 Å². The molecule has 0 aliphatic carbocycles. The molecule has 1 aromatic carbocycles. The molecule has 0 radical (unpaired) electrons. The van der Waals surface area contributed by atoms with Gasteiger partial charge in [0.25, 0.3) is 11.8 Å². The molecule has 1 N–H and O–H groups in total. The van der Waals surface area contributed by atoms with Gasteiger partial charge in [0.1, 0.15) is 13.1 Å². The highest BCUT2D eigenvalue weighted by molar-refractivity contribution is 6.04. The van der Waals surface area contributed by atoms with E-state index in [2.05, 4.69) is 31.3 Å². The average molecular weight is 375 g/mol. The van der Waals surface area contributed by atoms with Gasteiger partial charge in [-0.25, -0.2) is 4.79 Å². The van der Waals surface area contributed by atoms with E-state index in [0.29, 0.717) is 18.9 Å². The smallest absolute Gasteiger partial charge is 0.327 e. The Balaban J connectivity index is 1.66. The quantitative estimate of drug-likeness (QED) is 0.538. The van der Waals surface area contributed by atoms with E-state index in [1.54, 1.807) is 0 Å². The van der Waals surface area contributed by atoms with Gasteiger partial charge in [0.2, 0.25) is 0 Å². The molecule has 8 nitrogen and oxygen atoms in total. The van der Waals surface area contributed by atoms with Crippen molar-refractivity contribution in [1.82, 2.24) is 15.1 Å². The van der Waals surface area contributed by atoms with Crippen molar-refractivity contribution in [1.29, 1.82) is 0 Å². The number of esters is 1. The third-order valence-electron chi connectivity index (χ3n) is 4.26. The van der Waals surface area contributed by atoms with E-state index in [1.807, 2.05) is 12.1 Å². The Bertz CT molecular complexity index is 715. The molecule has 1 aliphatic rings. The summed E-state index contributed by atoms with van der Waals surface area (Å²) < 4.78 is 4.83. The topological polar surface area (TPSA) is 96.0 Å². The Morgan fingerprint density at radius 3 is 2.41 bits per heavy atom. The molecule has 0 unspecified atom stereocenters. The number of benzene rings is 1. The number of nitrogens with one attached hydrogen (secondary N) is 1. The molecule has 1 aliphatic heterocycles. The van der Waals surface area contributed by atoms with Crippen LogP contribution in [0.15, 0.2) is 24.3 Å². The first-order valence-corrected chi connectivity index (χ1v) is 8.84. The summed E-state index contributed by atoms with van der Waals surface area (Å²) in [7, 11) is 1.47. The number of amides is 4. The molecule has 0 aromatic heterocycles. The van der Waals surface area contributed by atoms with Crippen LogP contribution < -0.4 is 5.32 Å². The Hall–Kier alpha value is -2.90. The Labute approximate surface area is 158 Å². The predicted molar refractivity (Wildman–Crippen MR) is 97.9 cm³/mol. The van der Waals surface area contributed by atoms with Gasteiger partial charge in [0.05, 0.1) is 0 Å². The fourth-order valence-electron chi connectivity index (χ4n) is 2.61. The van der Waals surface area contributed by atoms with Crippen LogP contribution in [0.4, 0.5) is 4.79 Å². The summed E-state index contributed by atoms with van der Waals surface area (Å²) in [5, 5.41) is 2.67. The molecule has 8 heteroatoms. The van der Waals surface area contributed by atoms with Crippen LogP contribution in [-0.4, -0.2) is 66.9 Å². The van der Waals surface area contributed by atoms with Crippen LogP contribution in [0.25, 0.3) is 0 Å². The van der Waals surface area contributed by atoms with Gasteiger partial charge in [0, 0.05) is 13.6 Å². The predicted octanol–water partition coefficient (Wildman–Crippen LogP) is 0.906. The highest BCUT2D eigenvalue weighted by Gasteiger charge is 2.35. The zero-order valence-electron chi connectivity index (χ0n) is 15.9. The monoisotopic (exact) mass is 375 g/mol. The molecule has 0 spiro atoms. The van der Waals surface area contributed by atoms with Gasteiger partial charge in [-0.05, 0) is 23.5 Å². The lowest BCUT2D eigenvalue weighted by Gasteiger charge is -2.13. The van der Waals surface area contributed by atoms with Gasteiger partial charge >= 0.3 is 12.0 Å². The molecule has 0 saturated carbocycles. The van der Waals surface area contributed by atoms with E-state index < -0.39 is 37.0 Å². The lowest BCUT2D eigenvalue weighted by molar-refractivity contribution is -0.150. The Morgan fingerprint density at radius 2 is 1.85 bits per heavy atom. The van der Waals surface area contributed by atoms with E-state index >= 15 is 0 Å². The summed E-state index contributed by atoms with van der Waals surface area (Å²) in [6.07, 6.45) is 0.668. The van der Waals surface area contributed by atoms with E-state index in [4.69, 9.17) is 4.74 Å². The molecule has 1 saturated heterocycles. The molecule has 27 heavy (non-hydrogen) atoms. The van der Waals surface area contributed by atoms with Gasteiger partial charge < -0.3 is 15.0 Å². The number of ether oxygens (including phenoxy) is 1. The fraction of sp³-hybridized carbons (Fsp3) is 0.474. The van der Waals surface area contributed by atoms with Crippen LogP contribution in [0.2, 0.25) is 0 Å². The fourth-order valence-corrected chi connectivity index (χ4v) is 2.61. The molecule has 2 rings (SSSR count). The van der Waals surface area contributed by atoms with Crippen LogP contribution in [0, 0.1) is 0 Å². The molecule has 0 bridgehead atoms. The molecular weight excluding hydrogens is 350 g/mol. The van der Waals surface area contributed by atoms with E-state index in [9.17, 15) is 19.2 Å². The van der Waals surface area contributed by atoms with Crippen LogP contribution in [0.5, 0.6) is 0 Å². The van der Waals surface area contributed by atoms with Crippen molar-refractivity contribution in [2.24, 2.45) is 0 Å². The average Bonchev–Trinajstić information content (AvgIpc) is 2.86. The summed E-state index contributed by atoms with van der Waals surface area (Å²) in [6.45, 7) is 3.68. The SMILES string of the molecule is CC(C)c1ccc(CCNC(=O)COC(=O)CN2C(=O)CN(C)C2=O)cc1. The van der Waals surface area contributed by atoms with Gasteiger partial charge in [-0.1, -0.05) is 38.1 Å². The lowest BCUT2D eigenvalue weighted by atomic mass is 10.0. The minimum Gasteiger partial charge on any atom is -0.454 e. The van der Waals surface area contributed by atoms with E-state index in [0.717, 1.165) is 10.5 Å². The maximum absolute atomic E-state index is 11.8. The first-order valence-electron chi connectivity index (χ1n) is 8.84. The third kappa shape index (κ3) is 5.80. The van der Waals surface area contributed by atoms with Crippen LogP contribution in [-0.2, 0) is 25.5 Å². The number of likely N-dealkylation sites (N-methyl/N-ethyl adjacent to an activating group) is 1. The van der Waals surface area contributed by atoms with Crippen LogP contribution in [0.3, 0.4) is 0 Å². The molecule has 4 amide bonds. The molecule has 0 atom stereocenters. The number of urea groups is 1. The second-order valence-corrected chi connectivity index (χ2v) is 6.78. The first kappa shape index (κ1) is 20.4. The number of hydrogen-bond donors (Lipinski definition) is 1. The van der Waals surface area contributed by atoms with Crippen molar-refractivity contribution in [3.05, 3.63) is 35.4 Å². The van der Waals surface area contributed by atoms with Gasteiger partial charge in [-0.15, -0.1) is 0 Å². The number of carbonyl (C=O) groups excluding carboxylic acids is 4. The largest absolute Gasteiger partial charge is 0.454 e. The number of rotatable bonds is 8. The van der Waals surface area contributed by atoms with Crippen molar-refractivity contribution in [2.75, 3.05) is 33.3 Å². The zero-order chi connectivity index (χ0) is 20.0. The molecule has 1 fully saturated rings. The zero-order valence-corrected chi connectivity index (χ0v) is 15.9. The lowest BCUT2D eigenvalue weighted by Crippen LogP contribution is -2.38. The van der Waals surface area contributed by atoms with Crippen molar-refractivity contribution in [2.45, 2.75) is 26.2 Å². The molecule has 1 heterocycles.